The second-order valence-corrected chi connectivity index (χ2v) is 11.7. The van der Waals surface area contributed by atoms with Crippen LogP contribution < -0.4 is 9.30 Å². The molecule has 1 aliphatic heterocycles. The number of benzene rings is 3. The summed E-state index contributed by atoms with van der Waals surface area (Å²) in [5.41, 5.74) is 1.74. The number of anilines is 1. The fraction of sp³-hybridized carbons (Fsp3) is 0.118. The second kappa shape index (κ2) is 12.0. The van der Waals surface area contributed by atoms with Gasteiger partial charge in [0, 0.05) is 23.1 Å². The predicted octanol–water partition coefficient (Wildman–Crippen LogP) is 6.43. The molecule has 1 aliphatic rings. The summed E-state index contributed by atoms with van der Waals surface area (Å²) in [6.45, 7) is 2.29. The number of carbonyl (C=O) groups is 1. The number of rotatable bonds is 5. The summed E-state index contributed by atoms with van der Waals surface area (Å²) in [5, 5.41) is 2.27. The smallest absolute Gasteiger partial charge is 0.485 e. The van der Waals surface area contributed by atoms with Gasteiger partial charge >= 0.3 is 11.5 Å². The number of ether oxygens (including phenoxy) is 1. The minimum Gasteiger partial charge on any atom is -0.741 e. The van der Waals surface area contributed by atoms with Gasteiger partial charge in [-0.1, -0.05) is 78.9 Å². The maximum absolute atomic E-state index is 13.0. The van der Waals surface area contributed by atoms with E-state index in [4.69, 9.17) is 17.7 Å². The van der Waals surface area contributed by atoms with Gasteiger partial charge in [-0.05, 0) is 42.1 Å². The average molecular weight is 646 g/mol. The van der Waals surface area contributed by atoms with Crippen molar-refractivity contribution in [2.75, 3.05) is 18.1 Å². The van der Waals surface area contributed by atoms with Crippen LogP contribution >= 0.6 is 0 Å². The van der Waals surface area contributed by atoms with Crippen molar-refractivity contribution in [3.05, 3.63) is 120 Å². The molecule has 0 bridgehead atoms. The van der Waals surface area contributed by atoms with E-state index in [2.05, 4.69) is 105 Å². The average Bonchev–Trinajstić information content (AvgIpc) is 3.39. The topological polar surface area (TPSA) is 95.2 Å². The number of aromatic nitrogens is 2. The molecule has 4 heterocycles. The van der Waals surface area contributed by atoms with E-state index >= 15 is 0 Å². The molecule has 6 aromatic rings. The van der Waals surface area contributed by atoms with E-state index in [-0.39, 0.29) is 12.5 Å². The third kappa shape index (κ3) is 5.57. The number of halogens is 3. The first-order valence-electron chi connectivity index (χ1n) is 14.2. The number of fused-ring (bicyclic) bond motifs is 5. The fourth-order valence-electron chi connectivity index (χ4n) is 5.63. The Bertz CT molecular complexity index is 2230. The standard InChI is InChI=1S/C33H26N3O2.CHF3O3S/c1-2-38-31(37)22-34-28(23-12-5-3-6-13-23)21-26-17-11-19-30-35(26)33(34)32-27-18-10-9-16-25(27)20-29(36(30)32)24-14-7-4-8-15-24;2-1(3,4)8(5,6)7/h3-21H,2,22H2,1H3;(H,5,6,7)/q+1;/p-1. The largest absolute Gasteiger partial charge is 0.741 e. The molecule has 7 rings (SSSR count). The predicted molar refractivity (Wildman–Crippen MR) is 168 cm³/mol. The van der Waals surface area contributed by atoms with Crippen LogP contribution in [0.4, 0.5) is 19.0 Å². The Labute approximate surface area is 261 Å². The number of pyridine rings is 2. The van der Waals surface area contributed by atoms with Gasteiger partial charge in [0.05, 0.1) is 12.3 Å². The van der Waals surface area contributed by atoms with Gasteiger partial charge in [-0.25, -0.2) is 8.42 Å². The van der Waals surface area contributed by atoms with Crippen molar-refractivity contribution in [1.29, 1.82) is 0 Å². The molecule has 3 aromatic carbocycles. The van der Waals surface area contributed by atoms with Crippen molar-refractivity contribution in [2.45, 2.75) is 12.4 Å². The summed E-state index contributed by atoms with van der Waals surface area (Å²) in [4.78, 5) is 15.1. The first kappa shape index (κ1) is 30.8. The molecule has 0 saturated heterocycles. The molecule has 0 radical (unpaired) electrons. The number of hydrogen-bond donors (Lipinski definition) is 0. The summed E-state index contributed by atoms with van der Waals surface area (Å²) in [6.07, 6.45) is 2.17. The molecule has 0 unspecified atom stereocenters. The number of esters is 1. The van der Waals surface area contributed by atoms with Crippen LogP contribution in [-0.2, 0) is 19.6 Å². The molecule has 0 N–H and O–H groups in total. The fourth-order valence-corrected chi connectivity index (χ4v) is 5.63. The lowest BCUT2D eigenvalue weighted by Gasteiger charge is -2.27. The van der Waals surface area contributed by atoms with Gasteiger partial charge in [0.15, 0.2) is 10.1 Å². The highest BCUT2D eigenvalue weighted by Gasteiger charge is 2.37. The maximum Gasteiger partial charge on any atom is 0.485 e. The lowest BCUT2D eigenvalue weighted by Crippen LogP contribution is -2.33. The molecule has 0 saturated carbocycles. The molecule has 0 atom stereocenters. The Hall–Kier alpha value is -5.20. The van der Waals surface area contributed by atoms with Gasteiger partial charge in [-0.3, -0.25) is 9.69 Å². The quantitative estimate of drug-likeness (QED) is 0.0929. The Morgan fingerprint density at radius 1 is 0.870 bits per heavy atom. The van der Waals surface area contributed by atoms with Crippen molar-refractivity contribution in [2.24, 2.45) is 0 Å². The van der Waals surface area contributed by atoms with Crippen molar-refractivity contribution in [3.63, 3.8) is 0 Å². The molecule has 0 spiro atoms. The Morgan fingerprint density at radius 3 is 2.11 bits per heavy atom. The summed E-state index contributed by atoms with van der Waals surface area (Å²) < 4.78 is 69.0. The van der Waals surface area contributed by atoms with Gasteiger partial charge < -0.3 is 9.29 Å². The number of imidazole rings is 1. The van der Waals surface area contributed by atoms with Gasteiger partial charge in [-0.15, -0.1) is 0 Å². The molecule has 46 heavy (non-hydrogen) atoms. The Kier molecular flexibility index (Phi) is 8.01. The van der Waals surface area contributed by atoms with E-state index in [9.17, 15) is 18.0 Å². The van der Waals surface area contributed by atoms with Crippen molar-refractivity contribution in [1.82, 2.24) is 4.40 Å². The third-order valence-corrected chi connectivity index (χ3v) is 8.04. The summed E-state index contributed by atoms with van der Waals surface area (Å²) in [6, 6.07) is 37.8. The van der Waals surface area contributed by atoms with Crippen LogP contribution in [0.5, 0.6) is 0 Å². The van der Waals surface area contributed by atoms with E-state index in [1.807, 2.05) is 31.2 Å². The molecule has 0 aliphatic carbocycles. The van der Waals surface area contributed by atoms with Gasteiger partial charge in [0.1, 0.15) is 17.9 Å². The molecule has 3 aromatic heterocycles. The minimum absolute atomic E-state index is 0.106. The van der Waals surface area contributed by atoms with Crippen molar-refractivity contribution in [3.8, 4) is 11.3 Å². The summed E-state index contributed by atoms with van der Waals surface area (Å²) in [7, 11) is -6.09. The molecular weight excluding hydrogens is 619 g/mol. The lowest BCUT2D eigenvalue weighted by molar-refractivity contribution is -0.467. The van der Waals surface area contributed by atoms with Crippen LogP contribution in [0.25, 0.3) is 45.0 Å². The van der Waals surface area contributed by atoms with Crippen LogP contribution in [0.2, 0.25) is 0 Å². The number of alkyl halides is 3. The lowest BCUT2D eigenvalue weighted by atomic mass is 10.0. The zero-order valence-electron chi connectivity index (χ0n) is 24.3. The molecule has 0 amide bonds. The van der Waals surface area contributed by atoms with Crippen LogP contribution in [0.15, 0.2) is 109 Å². The zero-order valence-corrected chi connectivity index (χ0v) is 25.1. The number of hydrogen-bond acceptors (Lipinski definition) is 6. The van der Waals surface area contributed by atoms with E-state index in [0.717, 1.165) is 56.0 Å². The first-order valence-corrected chi connectivity index (χ1v) is 15.6. The van der Waals surface area contributed by atoms with E-state index in [0.29, 0.717) is 6.61 Å². The number of carbonyl (C=O) groups excluding carboxylic acids is 1. The minimum atomic E-state index is -6.09. The number of nitrogens with zero attached hydrogens (tertiary/aromatic N) is 3. The van der Waals surface area contributed by atoms with Crippen molar-refractivity contribution >= 4 is 55.6 Å². The maximum atomic E-state index is 13.0. The molecule has 0 fully saturated rings. The summed E-state index contributed by atoms with van der Waals surface area (Å²) in [5.74, 6) is 0.698. The monoisotopic (exact) mass is 645 g/mol. The molecular formula is C34H26F3N3O5S. The van der Waals surface area contributed by atoms with E-state index in [1.54, 1.807) is 0 Å². The van der Waals surface area contributed by atoms with Crippen LogP contribution in [0.3, 0.4) is 0 Å². The van der Waals surface area contributed by atoms with Gasteiger partial charge in [-0.2, -0.15) is 22.0 Å². The van der Waals surface area contributed by atoms with Crippen LogP contribution in [-0.4, -0.2) is 42.0 Å². The SMILES string of the molecule is CCOC(=O)CN1C(c2ccccc2)=Cc2cccc3n2c1c1c2ccccc2cc(-c2ccccc2)[n+]13.O=S(=O)([O-])C(F)(F)F. The van der Waals surface area contributed by atoms with Gasteiger partial charge in [0.2, 0.25) is 5.52 Å². The molecule has 234 valence electrons. The summed E-state index contributed by atoms with van der Waals surface area (Å²) >= 11 is 0. The van der Waals surface area contributed by atoms with Crippen molar-refractivity contribution < 1.29 is 40.1 Å². The highest BCUT2D eigenvalue weighted by Crippen LogP contribution is 2.40. The molecule has 12 heteroatoms. The van der Waals surface area contributed by atoms with Crippen LogP contribution in [0.1, 0.15) is 18.2 Å². The zero-order chi connectivity index (χ0) is 32.6. The van der Waals surface area contributed by atoms with Crippen LogP contribution in [0, 0.1) is 0 Å². The highest BCUT2D eigenvalue weighted by molar-refractivity contribution is 7.86. The second-order valence-electron chi connectivity index (χ2n) is 10.3. The van der Waals surface area contributed by atoms with Gasteiger partial charge in [0.25, 0.3) is 11.5 Å². The normalized spacial score (nSPS) is 13.0. The highest BCUT2D eigenvalue weighted by atomic mass is 32.2. The third-order valence-electron chi connectivity index (χ3n) is 7.47. The molecule has 8 nitrogen and oxygen atoms in total. The Morgan fingerprint density at radius 2 is 1.48 bits per heavy atom. The van der Waals surface area contributed by atoms with E-state index < -0.39 is 15.6 Å². The van der Waals surface area contributed by atoms with E-state index in [1.165, 1.54) is 0 Å². The first-order chi connectivity index (χ1) is 22.0. The Balaban J connectivity index is 0.000000414.